The number of nitrogens with zero attached hydrogens (tertiary/aromatic N) is 1. The topological polar surface area (TPSA) is 63.4 Å². The molecule has 4 heteroatoms. The molecule has 0 unspecified atom stereocenters. The maximum Gasteiger partial charge on any atom is 0.253 e. The molecule has 0 radical (unpaired) electrons. The molecule has 0 aliphatic carbocycles. The lowest BCUT2D eigenvalue weighted by atomic mass is 10.2. The Morgan fingerprint density at radius 2 is 1.92 bits per heavy atom. The molecule has 4 nitrogen and oxygen atoms in total. The Balaban J connectivity index is 2.91. The van der Waals surface area contributed by atoms with Crippen molar-refractivity contribution >= 4 is 11.4 Å². The third-order valence-electron chi connectivity index (χ3n) is 1.86. The Morgan fingerprint density at radius 3 is 2.33 bits per heavy atom. The molecule has 1 aromatic carbocycles. The summed E-state index contributed by atoms with van der Waals surface area (Å²) in [6, 6.07) is 0. The SMILES string of the molecule is CCCN(C)c1c(N)c(=O)c1=O. The summed E-state index contributed by atoms with van der Waals surface area (Å²) >= 11 is 0. The van der Waals surface area contributed by atoms with Gasteiger partial charge in [-0.25, -0.2) is 0 Å². The second-order valence-corrected chi connectivity index (χ2v) is 2.84. The number of nitrogens with two attached hydrogens (primary N) is 1. The minimum atomic E-state index is -0.548. The van der Waals surface area contributed by atoms with Crippen LogP contribution in [0.4, 0.5) is 11.4 Å². The zero-order chi connectivity index (χ0) is 9.30. The first kappa shape index (κ1) is 8.77. The normalized spacial score (nSPS) is 10.5. The lowest BCUT2D eigenvalue weighted by molar-refractivity contribution is 0.846. The molecule has 0 amide bonds. The number of anilines is 2. The first-order valence-corrected chi connectivity index (χ1v) is 3.89. The highest BCUT2D eigenvalue weighted by atomic mass is 16.2. The van der Waals surface area contributed by atoms with Crippen molar-refractivity contribution in [2.75, 3.05) is 24.2 Å². The van der Waals surface area contributed by atoms with Gasteiger partial charge < -0.3 is 10.6 Å². The lowest BCUT2D eigenvalue weighted by Gasteiger charge is -2.20. The summed E-state index contributed by atoms with van der Waals surface area (Å²) in [5, 5.41) is 0. The molecule has 1 aromatic rings. The predicted molar refractivity (Wildman–Crippen MR) is 49.3 cm³/mol. The molecule has 0 aliphatic heterocycles. The lowest BCUT2D eigenvalue weighted by Crippen LogP contribution is -2.41. The van der Waals surface area contributed by atoms with Gasteiger partial charge in [-0.3, -0.25) is 9.59 Å². The zero-order valence-electron chi connectivity index (χ0n) is 7.26. The number of hydrogen-bond acceptors (Lipinski definition) is 4. The first-order valence-electron chi connectivity index (χ1n) is 3.89. The van der Waals surface area contributed by atoms with Crippen LogP contribution >= 0.6 is 0 Å². The van der Waals surface area contributed by atoms with Crippen molar-refractivity contribution in [2.24, 2.45) is 0 Å². The van der Waals surface area contributed by atoms with E-state index in [0.29, 0.717) is 5.69 Å². The van der Waals surface area contributed by atoms with Gasteiger partial charge in [-0.15, -0.1) is 0 Å². The van der Waals surface area contributed by atoms with Gasteiger partial charge in [0.2, 0.25) is 0 Å². The second-order valence-electron chi connectivity index (χ2n) is 2.84. The molecule has 0 aromatic heterocycles. The molecule has 0 atom stereocenters. The van der Waals surface area contributed by atoms with E-state index in [0.717, 1.165) is 13.0 Å². The number of hydrogen-bond donors (Lipinski definition) is 1. The van der Waals surface area contributed by atoms with Crippen LogP contribution in [0.1, 0.15) is 13.3 Å². The third kappa shape index (κ3) is 1.09. The fraction of sp³-hybridized carbons (Fsp3) is 0.500. The minimum absolute atomic E-state index is 0.107. The fourth-order valence-corrected chi connectivity index (χ4v) is 1.22. The average Bonchev–Trinajstić information content (AvgIpc) is 2.05. The van der Waals surface area contributed by atoms with Gasteiger partial charge in [-0.2, -0.15) is 0 Å². The highest BCUT2D eigenvalue weighted by molar-refractivity contribution is 5.72. The van der Waals surface area contributed by atoms with Crippen LogP contribution < -0.4 is 21.5 Å². The van der Waals surface area contributed by atoms with Crippen LogP contribution in [0.5, 0.6) is 0 Å². The van der Waals surface area contributed by atoms with E-state index in [4.69, 9.17) is 5.73 Å². The van der Waals surface area contributed by atoms with Crippen molar-refractivity contribution in [1.82, 2.24) is 0 Å². The van der Waals surface area contributed by atoms with Crippen LogP contribution in [-0.4, -0.2) is 13.6 Å². The van der Waals surface area contributed by atoms with Gasteiger partial charge >= 0.3 is 0 Å². The van der Waals surface area contributed by atoms with Crippen molar-refractivity contribution in [1.29, 1.82) is 0 Å². The van der Waals surface area contributed by atoms with Gasteiger partial charge in [0.05, 0.1) is 0 Å². The molecule has 66 valence electrons. The summed E-state index contributed by atoms with van der Waals surface area (Å²) < 4.78 is 0. The molecule has 2 N–H and O–H groups in total. The Hall–Kier alpha value is -1.32. The van der Waals surface area contributed by atoms with Crippen LogP contribution in [0.15, 0.2) is 9.59 Å². The van der Waals surface area contributed by atoms with Crippen molar-refractivity contribution in [3.05, 3.63) is 20.4 Å². The highest BCUT2D eigenvalue weighted by Gasteiger charge is 2.20. The molecule has 0 fully saturated rings. The molecule has 0 spiro atoms. The molecule has 0 bridgehead atoms. The van der Waals surface area contributed by atoms with Crippen molar-refractivity contribution < 1.29 is 0 Å². The van der Waals surface area contributed by atoms with Crippen LogP contribution in [0.2, 0.25) is 0 Å². The molecule has 0 heterocycles. The number of rotatable bonds is 3. The quantitative estimate of drug-likeness (QED) is 0.630. The minimum Gasteiger partial charge on any atom is -0.394 e. The van der Waals surface area contributed by atoms with Gasteiger partial charge in [0.15, 0.2) is 0 Å². The van der Waals surface area contributed by atoms with Crippen molar-refractivity contribution in [3.63, 3.8) is 0 Å². The molecule has 12 heavy (non-hydrogen) atoms. The molecule has 0 saturated heterocycles. The summed E-state index contributed by atoms with van der Waals surface area (Å²) in [5.41, 5.74) is 4.84. The summed E-state index contributed by atoms with van der Waals surface area (Å²) in [6.45, 7) is 2.74. The van der Waals surface area contributed by atoms with E-state index in [2.05, 4.69) is 0 Å². The predicted octanol–water partition coefficient (Wildman–Crippen LogP) is -0.289. The van der Waals surface area contributed by atoms with Gasteiger partial charge in [-0.1, -0.05) is 6.92 Å². The highest BCUT2D eigenvalue weighted by Crippen LogP contribution is 2.14. The maximum atomic E-state index is 11.0. The van der Waals surface area contributed by atoms with Gasteiger partial charge in [0, 0.05) is 13.6 Å². The van der Waals surface area contributed by atoms with Gasteiger partial charge in [-0.05, 0) is 6.42 Å². The smallest absolute Gasteiger partial charge is 0.253 e. The van der Waals surface area contributed by atoms with Crippen molar-refractivity contribution in [2.45, 2.75) is 13.3 Å². The van der Waals surface area contributed by atoms with E-state index in [1.807, 2.05) is 6.92 Å². The van der Waals surface area contributed by atoms with Crippen LogP contribution in [-0.2, 0) is 0 Å². The second kappa shape index (κ2) is 2.97. The Labute approximate surface area is 70.3 Å². The summed E-state index contributed by atoms with van der Waals surface area (Å²) in [7, 11) is 1.76. The molecular weight excluding hydrogens is 156 g/mol. The first-order chi connectivity index (χ1) is 5.59. The van der Waals surface area contributed by atoms with Gasteiger partial charge in [0.1, 0.15) is 11.4 Å². The fourth-order valence-electron chi connectivity index (χ4n) is 1.22. The van der Waals surface area contributed by atoms with Crippen LogP contribution in [0.3, 0.4) is 0 Å². The van der Waals surface area contributed by atoms with Crippen LogP contribution in [0.25, 0.3) is 0 Å². The Bertz CT molecular complexity index is 350. The van der Waals surface area contributed by atoms with E-state index in [1.54, 1.807) is 11.9 Å². The van der Waals surface area contributed by atoms with Gasteiger partial charge in [0.25, 0.3) is 10.9 Å². The van der Waals surface area contributed by atoms with E-state index in [9.17, 15) is 9.59 Å². The van der Waals surface area contributed by atoms with Crippen molar-refractivity contribution in [3.8, 4) is 0 Å². The number of nitrogen functional groups attached to an aromatic ring is 1. The monoisotopic (exact) mass is 168 g/mol. The van der Waals surface area contributed by atoms with E-state index in [-0.39, 0.29) is 5.69 Å². The van der Waals surface area contributed by atoms with E-state index < -0.39 is 10.9 Å². The summed E-state index contributed by atoms with van der Waals surface area (Å²) in [6.07, 6.45) is 0.925. The molecule has 0 aliphatic rings. The zero-order valence-corrected chi connectivity index (χ0v) is 7.26. The molecule has 1 rings (SSSR count). The summed E-state index contributed by atoms with van der Waals surface area (Å²) in [5.74, 6) is 0. The molecular formula is C8H12N2O2. The Morgan fingerprint density at radius 1 is 1.33 bits per heavy atom. The standard InChI is InChI=1S/C8H12N2O2/c1-3-4-10(2)6-5(9)7(11)8(6)12/h3-4,9H2,1-2H3. The Kier molecular flexibility index (Phi) is 2.17. The largest absolute Gasteiger partial charge is 0.394 e. The molecule has 0 saturated carbocycles. The van der Waals surface area contributed by atoms with E-state index >= 15 is 0 Å². The summed E-state index contributed by atoms with van der Waals surface area (Å²) in [4.78, 5) is 23.4. The van der Waals surface area contributed by atoms with E-state index in [1.165, 1.54) is 0 Å². The van der Waals surface area contributed by atoms with Crippen LogP contribution in [0, 0.1) is 0 Å². The third-order valence-corrected chi connectivity index (χ3v) is 1.86. The average molecular weight is 168 g/mol. The maximum absolute atomic E-state index is 11.0.